The maximum Gasteiger partial charge on any atom is 0.340 e. The number of esters is 1. The minimum absolute atomic E-state index is 0.103. The average Bonchev–Trinajstić information content (AvgIpc) is 3.21. The molecule has 0 bridgehead atoms. The number of carbonyl (C=O) groups excluding carboxylic acids is 1. The summed E-state index contributed by atoms with van der Waals surface area (Å²) in [6.45, 7) is -0.103. The maximum atomic E-state index is 12.1. The van der Waals surface area contributed by atoms with E-state index in [2.05, 4.69) is 10.1 Å². The SMILES string of the molecule is COCOC(=O)c1ccccc1/C=N/N(C)c1nc(-c2ccccc2Cl)cs1. The third-order valence-electron chi connectivity index (χ3n) is 3.78. The van der Waals surface area contributed by atoms with Gasteiger partial charge in [0.1, 0.15) is 0 Å². The van der Waals surface area contributed by atoms with Gasteiger partial charge < -0.3 is 9.47 Å². The minimum atomic E-state index is -0.471. The second kappa shape index (κ2) is 9.45. The Morgan fingerprint density at radius 1 is 1.25 bits per heavy atom. The van der Waals surface area contributed by atoms with Crippen molar-refractivity contribution in [2.45, 2.75) is 0 Å². The third kappa shape index (κ3) is 4.75. The van der Waals surface area contributed by atoms with E-state index in [1.54, 1.807) is 36.5 Å². The molecule has 0 aliphatic carbocycles. The zero-order valence-electron chi connectivity index (χ0n) is 15.3. The molecule has 3 aromatic rings. The first kappa shape index (κ1) is 20.0. The first-order valence-corrected chi connectivity index (χ1v) is 9.59. The normalized spacial score (nSPS) is 11.0. The molecule has 0 aliphatic rings. The van der Waals surface area contributed by atoms with Gasteiger partial charge in [-0.25, -0.2) is 14.8 Å². The number of anilines is 1. The number of hydrogen-bond donors (Lipinski definition) is 0. The fourth-order valence-corrected chi connectivity index (χ4v) is 3.37. The quantitative estimate of drug-likeness (QED) is 0.242. The van der Waals surface area contributed by atoms with E-state index in [1.165, 1.54) is 18.4 Å². The molecule has 8 heteroatoms. The van der Waals surface area contributed by atoms with Crippen LogP contribution in [0, 0.1) is 0 Å². The summed E-state index contributed by atoms with van der Waals surface area (Å²) in [5, 5.41) is 9.32. The van der Waals surface area contributed by atoms with Crippen LogP contribution in [0.25, 0.3) is 11.3 Å². The molecule has 6 nitrogen and oxygen atoms in total. The van der Waals surface area contributed by atoms with Gasteiger partial charge in [0.2, 0.25) is 5.13 Å². The Morgan fingerprint density at radius 2 is 2.00 bits per heavy atom. The first-order chi connectivity index (χ1) is 13.6. The second-order valence-corrected chi connectivity index (χ2v) is 6.93. The van der Waals surface area contributed by atoms with Crippen molar-refractivity contribution in [3.8, 4) is 11.3 Å². The molecular weight excluding hydrogens is 398 g/mol. The van der Waals surface area contributed by atoms with Crippen LogP contribution in [-0.4, -0.2) is 38.1 Å². The fourth-order valence-electron chi connectivity index (χ4n) is 2.39. The highest BCUT2D eigenvalue weighted by Crippen LogP contribution is 2.31. The molecule has 0 spiro atoms. The molecule has 144 valence electrons. The number of aromatic nitrogens is 1. The molecule has 0 amide bonds. The van der Waals surface area contributed by atoms with Gasteiger partial charge in [0.05, 0.1) is 17.5 Å². The van der Waals surface area contributed by atoms with Gasteiger partial charge in [-0.15, -0.1) is 11.3 Å². The summed E-state index contributed by atoms with van der Waals surface area (Å²) < 4.78 is 9.79. The number of rotatable bonds is 7. The van der Waals surface area contributed by atoms with Gasteiger partial charge in [0.15, 0.2) is 6.79 Å². The predicted octanol–water partition coefficient (Wildman–Crippen LogP) is 4.69. The van der Waals surface area contributed by atoms with Crippen molar-refractivity contribution in [1.29, 1.82) is 0 Å². The van der Waals surface area contributed by atoms with Crippen molar-refractivity contribution in [1.82, 2.24) is 4.98 Å². The highest BCUT2D eigenvalue weighted by atomic mass is 35.5. The van der Waals surface area contributed by atoms with Gasteiger partial charge in [-0.2, -0.15) is 5.10 Å². The Bertz CT molecular complexity index is 990. The number of nitrogens with zero attached hydrogens (tertiary/aromatic N) is 3. The van der Waals surface area contributed by atoms with Crippen molar-refractivity contribution >= 4 is 40.3 Å². The lowest BCUT2D eigenvalue weighted by Crippen LogP contribution is -2.12. The second-order valence-electron chi connectivity index (χ2n) is 5.69. The van der Waals surface area contributed by atoms with E-state index in [-0.39, 0.29) is 6.79 Å². The summed E-state index contributed by atoms with van der Waals surface area (Å²) in [5.41, 5.74) is 2.71. The standard InChI is InChI=1S/C20H18ClN3O3S/c1-24(20-23-18(12-28-20)16-9-5-6-10-17(16)21)22-11-14-7-3-4-8-15(14)19(25)27-13-26-2/h3-12H,13H2,1-2H3/b22-11+. The molecular formula is C20H18ClN3O3S. The van der Waals surface area contributed by atoms with Crippen molar-refractivity contribution in [2.24, 2.45) is 5.10 Å². The van der Waals surface area contributed by atoms with Crippen LogP contribution in [0.5, 0.6) is 0 Å². The number of carbonyl (C=O) groups is 1. The van der Waals surface area contributed by atoms with Crippen LogP contribution in [0.3, 0.4) is 0 Å². The summed E-state index contributed by atoms with van der Waals surface area (Å²) >= 11 is 7.69. The Kier molecular flexibility index (Phi) is 6.76. The summed E-state index contributed by atoms with van der Waals surface area (Å²) in [5.74, 6) is -0.471. The van der Waals surface area contributed by atoms with Gasteiger partial charge >= 0.3 is 5.97 Å². The molecule has 0 unspecified atom stereocenters. The lowest BCUT2D eigenvalue weighted by atomic mass is 10.1. The molecule has 0 saturated heterocycles. The molecule has 3 rings (SSSR count). The summed E-state index contributed by atoms with van der Waals surface area (Å²) in [4.78, 5) is 16.7. The lowest BCUT2D eigenvalue weighted by molar-refractivity contribution is -0.0125. The van der Waals surface area contributed by atoms with E-state index in [9.17, 15) is 4.79 Å². The van der Waals surface area contributed by atoms with E-state index in [1.807, 2.05) is 35.7 Å². The Balaban J connectivity index is 1.77. The lowest BCUT2D eigenvalue weighted by Gasteiger charge is -2.09. The fraction of sp³-hybridized carbons (Fsp3) is 0.150. The van der Waals surface area contributed by atoms with Crippen LogP contribution >= 0.6 is 22.9 Å². The number of benzene rings is 2. The largest absolute Gasteiger partial charge is 0.435 e. The monoisotopic (exact) mass is 415 g/mol. The molecule has 28 heavy (non-hydrogen) atoms. The van der Waals surface area contributed by atoms with Gasteiger partial charge in [-0.05, 0) is 12.1 Å². The van der Waals surface area contributed by atoms with Gasteiger partial charge in [-0.3, -0.25) is 0 Å². The van der Waals surface area contributed by atoms with Crippen LogP contribution in [0.1, 0.15) is 15.9 Å². The van der Waals surface area contributed by atoms with E-state index in [0.717, 1.165) is 11.3 Å². The zero-order valence-corrected chi connectivity index (χ0v) is 16.9. The molecule has 0 atom stereocenters. The predicted molar refractivity (Wildman–Crippen MR) is 112 cm³/mol. The smallest absolute Gasteiger partial charge is 0.340 e. The maximum absolute atomic E-state index is 12.1. The van der Waals surface area contributed by atoms with Crippen molar-refractivity contribution < 1.29 is 14.3 Å². The minimum Gasteiger partial charge on any atom is -0.435 e. The molecule has 1 aromatic heterocycles. The van der Waals surface area contributed by atoms with Gasteiger partial charge in [0.25, 0.3) is 0 Å². The first-order valence-electron chi connectivity index (χ1n) is 8.33. The Hall–Kier alpha value is -2.74. The number of halogens is 1. The summed E-state index contributed by atoms with van der Waals surface area (Å²) in [6.07, 6.45) is 1.60. The van der Waals surface area contributed by atoms with E-state index >= 15 is 0 Å². The van der Waals surface area contributed by atoms with Crippen LogP contribution in [0.2, 0.25) is 5.02 Å². The third-order valence-corrected chi connectivity index (χ3v) is 5.01. The Labute approximate surface area is 172 Å². The molecule has 0 N–H and O–H groups in total. The van der Waals surface area contributed by atoms with Crippen LogP contribution < -0.4 is 5.01 Å². The summed E-state index contributed by atoms with van der Waals surface area (Å²) in [7, 11) is 3.25. The number of methoxy groups -OCH3 is 1. The molecule has 0 aliphatic heterocycles. The Morgan fingerprint density at radius 3 is 2.79 bits per heavy atom. The average molecular weight is 416 g/mol. The zero-order chi connectivity index (χ0) is 19.9. The number of ether oxygens (including phenoxy) is 2. The number of hydrazone groups is 1. The van der Waals surface area contributed by atoms with Gasteiger partial charge in [0, 0.05) is 35.7 Å². The number of hydrogen-bond acceptors (Lipinski definition) is 7. The van der Waals surface area contributed by atoms with Crippen LogP contribution in [0.15, 0.2) is 59.0 Å². The topological polar surface area (TPSA) is 64.0 Å². The highest BCUT2D eigenvalue weighted by molar-refractivity contribution is 7.14. The van der Waals surface area contributed by atoms with Crippen LogP contribution in [-0.2, 0) is 9.47 Å². The van der Waals surface area contributed by atoms with E-state index < -0.39 is 5.97 Å². The van der Waals surface area contributed by atoms with E-state index in [4.69, 9.17) is 21.1 Å². The van der Waals surface area contributed by atoms with Crippen LogP contribution in [0.4, 0.5) is 5.13 Å². The molecule has 0 radical (unpaired) electrons. The van der Waals surface area contributed by atoms with Crippen molar-refractivity contribution in [3.05, 3.63) is 70.1 Å². The van der Waals surface area contributed by atoms with Crippen molar-refractivity contribution in [3.63, 3.8) is 0 Å². The van der Waals surface area contributed by atoms with E-state index in [0.29, 0.717) is 21.3 Å². The highest BCUT2D eigenvalue weighted by Gasteiger charge is 2.12. The van der Waals surface area contributed by atoms with Crippen molar-refractivity contribution in [2.75, 3.05) is 26.0 Å². The molecule has 0 fully saturated rings. The molecule has 2 aromatic carbocycles. The number of thiazole rings is 1. The molecule has 0 saturated carbocycles. The van der Waals surface area contributed by atoms with Gasteiger partial charge in [-0.1, -0.05) is 48.0 Å². The molecule has 1 heterocycles. The summed E-state index contributed by atoms with van der Waals surface area (Å²) in [6, 6.07) is 14.6.